The molecule has 0 radical (unpaired) electrons. The van der Waals surface area contributed by atoms with Crippen LogP contribution in [0.5, 0.6) is 0 Å². The number of nitrogens with one attached hydrogen (secondary N) is 2. The van der Waals surface area contributed by atoms with E-state index in [9.17, 15) is 0 Å². The van der Waals surface area contributed by atoms with E-state index < -0.39 is 0 Å². The maximum Gasteiger partial charge on any atom is 0.104 e. The van der Waals surface area contributed by atoms with E-state index in [4.69, 9.17) is 5.26 Å². The van der Waals surface area contributed by atoms with Gasteiger partial charge in [-0.3, -0.25) is 0 Å². The summed E-state index contributed by atoms with van der Waals surface area (Å²) in [5.74, 6) is 0. The Morgan fingerprint density at radius 1 is 1.40 bits per heavy atom. The van der Waals surface area contributed by atoms with Gasteiger partial charge in [-0.05, 0) is 24.1 Å². The van der Waals surface area contributed by atoms with Crippen LogP contribution in [-0.4, -0.2) is 5.37 Å². The van der Waals surface area contributed by atoms with Gasteiger partial charge in [0, 0.05) is 5.69 Å². The van der Waals surface area contributed by atoms with E-state index in [0.29, 0.717) is 5.57 Å². The molecule has 1 aliphatic heterocycles. The molecule has 76 valence electrons. The van der Waals surface area contributed by atoms with Crippen LogP contribution in [0.2, 0.25) is 0 Å². The first-order chi connectivity index (χ1) is 7.31. The zero-order valence-electron chi connectivity index (χ0n) is 7.77. The molecule has 1 aromatic rings. The summed E-state index contributed by atoms with van der Waals surface area (Å²) in [6, 6.07) is 11.9. The third kappa shape index (κ3) is 2.29. The third-order valence-corrected chi connectivity index (χ3v) is 3.38. The average molecular weight is 235 g/mol. The molecule has 2 N–H and O–H groups in total. The Morgan fingerprint density at radius 2 is 2.13 bits per heavy atom. The fourth-order valence-corrected chi connectivity index (χ4v) is 2.43. The van der Waals surface area contributed by atoms with E-state index in [0.717, 1.165) is 10.7 Å². The number of thiol groups is 1. The molecule has 2 rings (SSSR count). The lowest BCUT2D eigenvalue weighted by molar-refractivity contribution is 1.04. The number of hydrogen-bond acceptors (Lipinski definition) is 5. The largest absolute Gasteiger partial charge is 0.348 e. The van der Waals surface area contributed by atoms with Crippen LogP contribution in [0.25, 0.3) is 0 Å². The Hall–Kier alpha value is -1.09. The van der Waals surface area contributed by atoms with E-state index >= 15 is 0 Å². The van der Waals surface area contributed by atoms with Crippen molar-refractivity contribution in [2.75, 3.05) is 5.32 Å². The number of anilines is 1. The van der Waals surface area contributed by atoms with Crippen LogP contribution < -0.4 is 10.0 Å². The van der Waals surface area contributed by atoms with Gasteiger partial charge in [-0.15, -0.1) is 0 Å². The quantitative estimate of drug-likeness (QED) is 0.544. The second-order valence-electron chi connectivity index (χ2n) is 2.97. The Morgan fingerprint density at radius 3 is 2.80 bits per heavy atom. The van der Waals surface area contributed by atoms with Crippen molar-refractivity contribution in [3.05, 3.63) is 40.9 Å². The standard InChI is InChI=1S/C10H9N3S2/c11-6-8-9(14)13-15-10(8)12-7-4-2-1-3-5-7/h1-5,9,12-14H. The van der Waals surface area contributed by atoms with E-state index in [-0.39, 0.29) is 5.37 Å². The Labute approximate surface area is 98.1 Å². The number of rotatable bonds is 2. The highest BCUT2D eigenvalue weighted by atomic mass is 32.2. The molecule has 0 saturated carbocycles. The Balaban J connectivity index is 2.20. The maximum absolute atomic E-state index is 8.93. The molecule has 3 nitrogen and oxygen atoms in total. The van der Waals surface area contributed by atoms with E-state index in [2.05, 4.69) is 28.7 Å². The smallest absolute Gasteiger partial charge is 0.104 e. The van der Waals surface area contributed by atoms with Gasteiger partial charge in [0.05, 0.1) is 10.9 Å². The van der Waals surface area contributed by atoms with Crippen LogP contribution >= 0.6 is 24.6 Å². The molecule has 0 amide bonds. The molecule has 1 aliphatic rings. The van der Waals surface area contributed by atoms with E-state index in [1.165, 1.54) is 11.9 Å². The van der Waals surface area contributed by atoms with Gasteiger partial charge in [0.1, 0.15) is 11.1 Å². The van der Waals surface area contributed by atoms with Gasteiger partial charge in [0.2, 0.25) is 0 Å². The minimum atomic E-state index is -0.189. The molecule has 1 aromatic carbocycles. The molecule has 0 aromatic heterocycles. The Kier molecular flexibility index (Phi) is 3.21. The van der Waals surface area contributed by atoms with Crippen molar-refractivity contribution in [3.8, 4) is 6.07 Å². The first-order valence-corrected chi connectivity index (χ1v) is 5.71. The fourth-order valence-electron chi connectivity index (χ4n) is 1.21. The minimum Gasteiger partial charge on any atom is -0.348 e. The van der Waals surface area contributed by atoms with Gasteiger partial charge in [-0.25, -0.2) is 4.72 Å². The SMILES string of the molecule is N#CC1=C(Nc2ccccc2)SNC1S. The van der Waals surface area contributed by atoms with Gasteiger partial charge in [0.15, 0.2) is 0 Å². The van der Waals surface area contributed by atoms with Gasteiger partial charge in [-0.1, -0.05) is 18.2 Å². The van der Waals surface area contributed by atoms with Crippen molar-refractivity contribution < 1.29 is 0 Å². The molecular weight excluding hydrogens is 226 g/mol. The van der Waals surface area contributed by atoms with Gasteiger partial charge >= 0.3 is 0 Å². The molecular formula is C10H9N3S2. The predicted molar refractivity (Wildman–Crippen MR) is 66.2 cm³/mol. The number of nitriles is 1. The Bertz CT molecular complexity index is 422. The van der Waals surface area contributed by atoms with Crippen LogP contribution in [0.4, 0.5) is 5.69 Å². The molecule has 5 heteroatoms. The number of benzene rings is 1. The van der Waals surface area contributed by atoms with E-state index in [1.54, 1.807) is 0 Å². The number of hydrogen-bond donors (Lipinski definition) is 3. The predicted octanol–water partition coefficient (Wildman–Crippen LogP) is 2.34. The monoisotopic (exact) mass is 235 g/mol. The van der Waals surface area contributed by atoms with Gasteiger partial charge in [0.25, 0.3) is 0 Å². The zero-order valence-corrected chi connectivity index (χ0v) is 9.48. The minimum absolute atomic E-state index is 0.189. The second kappa shape index (κ2) is 4.62. The third-order valence-electron chi connectivity index (χ3n) is 1.94. The zero-order chi connectivity index (χ0) is 10.7. The van der Waals surface area contributed by atoms with Crippen molar-refractivity contribution in [3.63, 3.8) is 0 Å². The van der Waals surface area contributed by atoms with Crippen LogP contribution in [0.15, 0.2) is 40.9 Å². The van der Waals surface area contributed by atoms with Crippen molar-refractivity contribution in [2.24, 2.45) is 0 Å². The first-order valence-electron chi connectivity index (χ1n) is 4.38. The topological polar surface area (TPSA) is 47.9 Å². The molecule has 15 heavy (non-hydrogen) atoms. The number of nitrogens with zero attached hydrogens (tertiary/aromatic N) is 1. The summed E-state index contributed by atoms with van der Waals surface area (Å²) in [5.41, 5.74) is 1.60. The summed E-state index contributed by atoms with van der Waals surface area (Å²) < 4.78 is 3.01. The van der Waals surface area contributed by atoms with E-state index in [1.807, 2.05) is 30.3 Å². The van der Waals surface area contributed by atoms with Crippen molar-refractivity contribution in [2.45, 2.75) is 5.37 Å². The molecule has 1 unspecified atom stereocenters. The molecule has 0 bridgehead atoms. The molecule has 0 aliphatic carbocycles. The lowest BCUT2D eigenvalue weighted by Crippen LogP contribution is -2.11. The molecule has 0 fully saturated rings. The van der Waals surface area contributed by atoms with Gasteiger partial charge in [-0.2, -0.15) is 17.9 Å². The average Bonchev–Trinajstić information content (AvgIpc) is 2.61. The highest BCUT2D eigenvalue weighted by Crippen LogP contribution is 2.30. The first kappa shape index (κ1) is 10.4. The molecule has 0 spiro atoms. The fraction of sp³-hybridized carbons (Fsp3) is 0.100. The summed E-state index contributed by atoms with van der Waals surface area (Å²) in [6.07, 6.45) is 0. The van der Waals surface area contributed by atoms with Crippen LogP contribution in [0, 0.1) is 11.3 Å². The normalized spacial score (nSPS) is 20.1. The second-order valence-corrected chi connectivity index (χ2v) is 4.33. The lowest BCUT2D eigenvalue weighted by atomic mass is 10.3. The highest BCUT2D eigenvalue weighted by Gasteiger charge is 2.23. The van der Waals surface area contributed by atoms with Crippen LogP contribution in [0.3, 0.4) is 0 Å². The van der Waals surface area contributed by atoms with Crippen LogP contribution in [-0.2, 0) is 0 Å². The van der Waals surface area contributed by atoms with Gasteiger partial charge < -0.3 is 5.32 Å². The maximum atomic E-state index is 8.93. The van der Waals surface area contributed by atoms with Crippen molar-refractivity contribution in [1.29, 1.82) is 5.26 Å². The summed E-state index contributed by atoms with van der Waals surface area (Å²) in [5, 5.41) is 12.7. The lowest BCUT2D eigenvalue weighted by Gasteiger charge is -2.05. The summed E-state index contributed by atoms with van der Waals surface area (Å²) >= 11 is 5.64. The summed E-state index contributed by atoms with van der Waals surface area (Å²) in [7, 11) is 0. The summed E-state index contributed by atoms with van der Waals surface area (Å²) in [4.78, 5) is 0. The van der Waals surface area contributed by atoms with Crippen molar-refractivity contribution in [1.82, 2.24) is 4.72 Å². The molecule has 0 saturated heterocycles. The highest BCUT2D eigenvalue weighted by molar-refractivity contribution is 8.02. The molecule has 1 atom stereocenters. The van der Waals surface area contributed by atoms with Crippen LogP contribution in [0.1, 0.15) is 0 Å². The summed E-state index contributed by atoms with van der Waals surface area (Å²) in [6.45, 7) is 0. The molecule has 1 heterocycles. The number of para-hydroxylation sites is 1. The van der Waals surface area contributed by atoms with Crippen molar-refractivity contribution >= 4 is 30.3 Å².